The van der Waals surface area contributed by atoms with Crippen molar-refractivity contribution in [1.29, 1.82) is 0 Å². The highest BCUT2D eigenvalue weighted by atomic mass is 19.2. The van der Waals surface area contributed by atoms with Crippen molar-refractivity contribution in [2.24, 2.45) is 0 Å². The number of anilines is 2. The van der Waals surface area contributed by atoms with Gasteiger partial charge in [0.05, 0.1) is 17.8 Å². The molecule has 30 heavy (non-hydrogen) atoms. The van der Waals surface area contributed by atoms with E-state index in [1.54, 1.807) is 43.3 Å². The van der Waals surface area contributed by atoms with Gasteiger partial charge in [-0.2, -0.15) is 0 Å². The Morgan fingerprint density at radius 1 is 0.867 bits per heavy atom. The lowest BCUT2D eigenvalue weighted by Gasteiger charge is -2.15. The Kier molecular flexibility index (Phi) is 6.87. The zero-order valence-electron chi connectivity index (χ0n) is 16.3. The van der Waals surface area contributed by atoms with E-state index in [0.29, 0.717) is 22.5 Å². The second kappa shape index (κ2) is 9.76. The Balaban J connectivity index is 1.61. The van der Waals surface area contributed by atoms with E-state index in [1.807, 2.05) is 18.2 Å². The van der Waals surface area contributed by atoms with Gasteiger partial charge in [-0.15, -0.1) is 0 Å². The van der Waals surface area contributed by atoms with Crippen LogP contribution in [0.3, 0.4) is 0 Å². The van der Waals surface area contributed by atoms with Gasteiger partial charge in [0.25, 0.3) is 5.91 Å². The highest BCUT2D eigenvalue weighted by Gasteiger charge is 2.15. The van der Waals surface area contributed by atoms with Gasteiger partial charge in [-0.3, -0.25) is 9.59 Å². The summed E-state index contributed by atoms with van der Waals surface area (Å²) >= 11 is 0. The van der Waals surface area contributed by atoms with Crippen LogP contribution in [0, 0.1) is 11.6 Å². The molecule has 154 valence electrons. The van der Waals surface area contributed by atoms with Crippen LogP contribution in [0.2, 0.25) is 0 Å². The number of hydrogen-bond acceptors (Lipinski definition) is 3. The van der Waals surface area contributed by atoms with Crippen LogP contribution in [0.15, 0.2) is 72.8 Å². The number of halogens is 2. The summed E-state index contributed by atoms with van der Waals surface area (Å²) in [7, 11) is 0. The molecule has 3 N–H and O–H groups in total. The molecule has 0 fully saturated rings. The van der Waals surface area contributed by atoms with Crippen LogP contribution in [0.5, 0.6) is 0 Å². The average Bonchev–Trinajstić information content (AvgIpc) is 2.75. The number of nitrogens with one attached hydrogen (secondary N) is 3. The molecule has 0 aliphatic carbocycles. The number of amides is 2. The van der Waals surface area contributed by atoms with Crippen LogP contribution in [0.25, 0.3) is 0 Å². The van der Waals surface area contributed by atoms with Crippen molar-refractivity contribution < 1.29 is 18.4 Å². The molecule has 0 bridgehead atoms. The normalized spacial score (nSPS) is 11.6. The van der Waals surface area contributed by atoms with Crippen molar-refractivity contribution in [3.63, 3.8) is 0 Å². The minimum atomic E-state index is -0.941. The Labute approximate surface area is 173 Å². The second-order valence-electron chi connectivity index (χ2n) is 6.69. The van der Waals surface area contributed by atoms with Crippen LogP contribution in [-0.2, 0) is 4.79 Å². The highest BCUT2D eigenvalue weighted by Crippen LogP contribution is 2.18. The van der Waals surface area contributed by atoms with E-state index in [2.05, 4.69) is 16.0 Å². The van der Waals surface area contributed by atoms with E-state index in [9.17, 15) is 18.4 Å². The Morgan fingerprint density at radius 2 is 1.57 bits per heavy atom. The van der Waals surface area contributed by atoms with Crippen molar-refractivity contribution in [1.82, 2.24) is 5.32 Å². The molecule has 5 nitrogen and oxygen atoms in total. The van der Waals surface area contributed by atoms with Gasteiger partial charge in [0.2, 0.25) is 5.91 Å². The first-order valence-electron chi connectivity index (χ1n) is 9.37. The molecule has 0 saturated carbocycles. The van der Waals surface area contributed by atoms with Crippen molar-refractivity contribution in [3.8, 4) is 0 Å². The predicted octanol–water partition coefficient (Wildman–Crippen LogP) is 4.51. The van der Waals surface area contributed by atoms with Gasteiger partial charge in [-0.25, -0.2) is 8.78 Å². The first-order valence-corrected chi connectivity index (χ1v) is 9.37. The summed E-state index contributed by atoms with van der Waals surface area (Å²) in [5.41, 5.74) is 1.86. The van der Waals surface area contributed by atoms with Crippen molar-refractivity contribution >= 4 is 23.2 Å². The fraction of sp³-hybridized carbons (Fsp3) is 0.130. The quantitative estimate of drug-likeness (QED) is 0.538. The second-order valence-corrected chi connectivity index (χ2v) is 6.69. The third kappa shape index (κ3) is 5.48. The maximum absolute atomic E-state index is 13.4. The number of benzene rings is 3. The van der Waals surface area contributed by atoms with E-state index in [0.717, 1.165) is 12.1 Å². The summed E-state index contributed by atoms with van der Waals surface area (Å²) in [4.78, 5) is 24.9. The van der Waals surface area contributed by atoms with E-state index in [-0.39, 0.29) is 24.4 Å². The average molecular weight is 409 g/mol. The van der Waals surface area contributed by atoms with Crippen molar-refractivity contribution in [2.75, 3.05) is 17.2 Å². The maximum atomic E-state index is 13.4. The molecule has 2 amide bonds. The van der Waals surface area contributed by atoms with Gasteiger partial charge < -0.3 is 16.0 Å². The molecule has 0 spiro atoms. The van der Waals surface area contributed by atoms with E-state index >= 15 is 0 Å². The monoisotopic (exact) mass is 409 g/mol. The van der Waals surface area contributed by atoms with Crippen LogP contribution >= 0.6 is 0 Å². The lowest BCUT2D eigenvalue weighted by molar-refractivity contribution is -0.115. The molecule has 0 aromatic heterocycles. The third-order valence-corrected chi connectivity index (χ3v) is 4.49. The fourth-order valence-corrected chi connectivity index (χ4v) is 2.85. The van der Waals surface area contributed by atoms with Crippen LogP contribution in [-0.4, -0.2) is 18.4 Å². The van der Waals surface area contributed by atoms with Gasteiger partial charge >= 0.3 is 0 Å². The first-order chi connectivity index (χ1) is 14.4. The van der Waals surface area contributed by atoms with Gasteiger partial charge in [0, 0.05) is 11.7 Å². The fourth-order valence-electron chi connectivity index (χ4n) is 2.85. The largest absolute Gasteiger partial charge is 0.324 e. The Hall–Kier alpha value is -3.58. The van der Waals surface area contributed by atoms with Gasteiger partial charge in [0.15, 0.2) is 11.6 Å². The molecule has 0 aliphatic heterocycles. The zero-order valence-corrected chi connectivity index (χ0v) is 16.3. The molecule has 7 heteroatoms. The first kappa shape index (κ1) is 21.1. The number of rotatable bonds is 7. The SMILES string of the molecule is C[C@H](NCC(=O)Nc1ccccc1C(=O)Nc1ccccc1)c1ccc(F)c(F)c1. The summed E-state index contributed by atoms with van der Waals surface area (Å²) in [5.74, 6) is -2.58. The molecule has 3 rings (SSSR count). The molecule has 3 aromatic carbocycles. The van der Waals surface area contributed by atoms with Crippen LogP contribution in [0.1, 0.15) is 28.9 Å². The molecular weight excluding hydrogens is 388 g/mol. The van der Waals surface area contributed by atoms with Crippen LogP contribution in [0.4, 0.5) is 20.2 Å². The Bertz CT molecular complexity index is 1040. The summed E-state index contributed by atoms with van der Waals surface area (Å²) in [5, 5.41) is 8.44. The lowest BCUT2D eigenvalue weighted by Crippen LogP contribution is -2.30. The predicted molar refractivity (Wildman–Crippen MR) is 112 cm³/mol. The highest BCUT2D eigenvalue weighted by molar-refractivity contribution is 6.10. The molecule has 1 atom stereocenters. The van der Waals surface area contributed by atoms with E-state index in [4.69, 9.17) is 0 Å². The summed E-state index contributed by atoms with van der Waals surface area (Å²) < 4.78 is 26.4. The van der Waals surface area contributed by atoms with Gasteiger partial charge in [-0.1, -0.05) is 36.4 Å². The molecule has 0 unspecified atom stereocenters. The maximum Gasteiger partial charge on any atom is 0.257 e. The minimum absolute atomic E-state index is 0.0746. The molecular formula is C23H21F2N3O2. The number of para-hydroxylation sites is 2. The standard InChI is InChI=1S/C23H21F2N3O2/c1-15(16-11-12-19(24)20(25)13-16)26-14-22(29)28-21-10-6-5-9-18(21)23(30)27-17-7-3-2-4-8-17/h2-13,15,26H,14H2,1H3,(H,27,30)(H,28,29)/t15-/m0/s1. The zero-order chi connectivity index (χ0) is 21.5. The van der Waals surface area contributed by atoms with Gasteiger partial charge in [0.1, 0.15) is 0 Å². The Morgan fingerprint density at radius 3 is 2.30 bits per heavy atom. The van der Waals surface area contributed by atoms with Crippen LogP contribution < -0.4 is 16.0 Å². The molecule has 0 heterocycles. The summed E-state index contributed by atoms with van der Waals surface area (Å²) in [6.45, 7) is 1.66. The van der Waals surface area contributed by atoms with E-state index < -0.39 is 11.6 Å². The number of hydrogen-bond donors (Lipinski definition) is 3. The third-order valence-electron chi connectivity index (χ3n) is 4.49. The minimum Gasteiger partial charge on any atom is -0.324 e. The summed E-state index contributed by atoms with van der Waals surface area (Å²) in [6.07, 6.45) is 0. The summed E-state index contributed by atoms with van der Waals surface area (Å²) in [6, 6.07) is 18.9. The van der Waals surface area contributed by atoms with Crippen molar-refractivity contribution in [3.05, 3.63) is 95.6 Å². The topological polar surface area (TPSA) is 70.2 Å². The molecule has 3 aromatic rings. The molecule has 0 aliphatic rings. The molecule has 0 saturated heterocycles. The molecule has 0 radical (unpaired) electrons. The van der Waals surface area contributed by atoms with E-state index in [1.165, 1.54) is 6.07 Å². The smallest absolute Gasteiger partial charge is 0.257 e. The number of carbonyl (C=O) groups is 2. The van der Waals surface area contributed by atoms with Gasteiger partial charge in [-0.05, 0) is 48.9 Å². The van der Waals surface area contributed by atoms with Crippen molar-refractivity contribution in [2.45, 2.75) is 13.0 Å². The lowest BCUT2D eigenvalue weighted by atomic mass is 10.1. The number of carbonyl (C=O) groups excluding carboxylic acids is 2.